The van der Waals surface area contributed by atoms with Crippen molar-refractivity contribution >= 4 is 40.5 Å². The topological polar surface area (TPSA) is 39.2 Å². The van der Waals surface area contributed by atoms with E-state index in [9.17, 15) is 4.79 Å². The molecule has 0 fully saturated rings. The lowest BCUT2D eigenvalue weighted by molar-refractivity contribution is 0.0600. The van der Waals surface area contributed by atoms with E-state index in [1.54, 1.807) is 18.5 Å². The van der Waals surface area contributed by atoms with Gasteiger partial charge in [-0.3, -0.25) is 4.98 Å². The Kier molecular flexibility index (Phi) is 4.40. The Hall–Kier alpha value is -2.65. The fraction of sp³-hybridized carbons (Fsp3) is 0.0526. The van der Waals surface area contributed by atoms with Crippen molar-refractivity contribution in [3.63, 3.8) is 0 Å². The Balaban J connectivity index is 1.94. The van der Waals surface area contributed by atoms with Crippen LogP contribution in [0.5, 0.6) is 0 Å². The lowest BCUT2D eigenvalue weighted by atomic mass is 10.0. The number of carbonyl (C=O) groups is 1. The van der Waals surface area contributed by atoms with Gasteiger partial charge in [0.05, 0.1) is 12.7 Å². The van der Waals surface area contributed by atoms with Crippen LogP contribution in [0, 0.1) is 0 Å². The average Bonchev–Trinajstić information content (AvgIpc) is 2.59. The van der Waals surface area contributed by atoms with Crippen LogP contribution in [0.25, 0.3) is 22.9 Å². The fourth-order valence-electron chi connectivity index (χ4n) is 2.36. The standard InChI is InChI=1S/C19H14ClNO2/c1-23-19(22)18-8-9-21-12-16(18)5-3-13-2-4-15-11-17(20)7-6-14(15)10-13/h2-12H,1H3/b5-3+. The number of fused-ring (bicyclic) bond motifs is 1. The monoisotopic (exact) mass is 323 g/mol. The highest BCUT2D eigenvalue weighted by Gasteiger charge is 2.09. The van der Waals surface area contributed by atoms with Gasteiger partial charge in [0.25, 0.3) is 0 Å². The van der Waals surface area contributed by atoms with Gasteiger partial charge in [0, 0.05) is 23.0 Å². The summed E-state index contributed by atoms with van der Waals surface area (Å²) in [5.74, 6) is -0.375. The summed E-state index contributed by atoms with van der Waals surface area (Å²) < 4.78 is 4.78. The van der Waals surface area contributed by atoms with E-state index in [-0.39, 0.29) is 5.97 Å². The first-order chi connectivity index (χ1) is 11.2. The molecule has 0 N–H and O–H groups in total. The molecule has 0 saturated heterocycles. The third kappa shape index (κ3) is 3.41. The molecule has 0 atom stereocenters. The molecule has 0 bridgehead atoms. The van der Waals surface area contributed by atoms with Gasteiger partial charge in [0.15, 0.2) is 0 Å². The predicted molar refractivity (Wildman–Crippen MR) is 93.5 cm³/mol. The summed E-state index contributed by atoms with van der Waals surface area (Å²) >= 11 is 6.00. The van der Waals surface area contributed by atoms with Crippen LogP contribution in [-0.2, 0) is 4.74 Å². The van der Waals surface area contributed by atoms with Gasteiger partial charge in [0.1, 0.15) is 0 Å². The van der Waals surface area contributed by atoms with E-state index in [1.807, 2.05) is 42.5 Å². The molecule has 0 aliphatic rings. The number of hydrogen-bond donors (Lipinski definition) is 0. The SMILES string of the molecule is COC(=O)c1ccncc1/C=C/c1ccc2cc(Cl)ccc2c1. The van der Waals surface area contributed by atoms with Gasteiger partial charge in [-0.25, -0.2) is 4.79 Å². The molecular weight excluding hydrogens is 310 g/mol. The third-order valence-corrected chi connectivity index (χ3v) is 3.77. The van der Waals surface area contributed by atoms with E-state index in [1.165, 1.54) is 7.11 Å². The Morgan fingerprint density at radius 3 is 2.70 bits per heavy atom. The molecule has 3 nitrogen and oxygen atoms in total. The van der Waals surface area contributed by atoms with E-state index in [0.29, 0.717) is 5.56 Å². The van der Waals surface area contributed by atoms with E-state index in [2.05, 4.69) is 11.1 Å². The highest BCUT2D eigenvalue weighted by atomic mass is 35.5. The minimum absolute atomic E-state index is 0.375. The highest BCUT2D eigenvalue weighted by molar-refractivity contribution is 6.31. The number of pyridine rings is 1. The third-order valence-electron chi connectivity index (χ3n) is 3.54. The molecule has 4 heteroatoms. The lowest BCUT2D eigenvalue weighted by Gasteiger charge is -2.03. The van der Waals surface area contributed by atoms with Crippen molar-refractivity contribution < 1.29 is 9.53 Å². The smallest absolute Gasteiger partial charge is 0.338 e. The summed E-state index contributed by atoms with van der Waals surface area (Å²) in [6.07, 6.45) is 7.01. The molecule has 0 saturated carbocycles. The van der Waals surface area contributed by atoms with Crippen molar-refractivity contribution in [2.75, 3.05) is 7.11 Å². The normalized spacial score (nSPS) is 11.0. The summed E-state index contributed by atoms with van der Waals surface area (Å²) in [6, 6.07) is 13.5. The Morgan fingerprint density at radius 2 is 1.87 bits per heavy atom. The van der Waals surface area contributed by atoms with Crippen LogP contribution in [0.4, 0.5) is 0 Å². The van der Waals surface area contributed by atoms with Crippen LogP contribution < -0.4 is 0 Å². The van der Waals surface area contributed by atoms with Crippen molar-refractivity contribution in [2.45, 2.75) is 0 Å². The summed E-state index contributed by atoms with van der Waals surface area (Å²) in [5.41, 5.74) is 2.24. The molecule has 3 aromatic rings. The largest absolute Gasteiger partial charge is 0.465 e. The van der Waals surface area contributed by atoms with Gasteiger partial charge in [-0.1, -0.05) is 42.0 Å². The summed E-state index contributed by atoms with van der Waals surface area (Å²) in [6.45, 7) is 0. The zero-order valence-corrected chi connectivity index (χ0v) is 13.2. The number of carbonyl (C=O) groups excluding carboxylic acids is 1. The highest BCUT2D eigenvalue weighted by Crippen LogP contribution is 2.22. The number of nitrogens with zero attached hydrogens (tertiary/aromatic N) is 1. The van der Waals surface area contributed by atoms with E-state index >= 15 is 0 Å². The molecule has 0 spiro atoms. The first-order valence-electron chi connectivity index (χ1n) is 7.07. The fourth-order valence-corrected chi connectivity index (χ4v) is 2.54. The predicted octanol–water partition coefficient (Wildman–Crippen LogP) is 4.85. The average molecular weight is 324 g/mol. The van der Waals surface area contributed by atoms with Crippen molar-refractivity contribution in [2.24, 2.45) is 0 Å². The lowest BCUT2D eigenvalue weighted by Crippen LogP contribution is -2.03. The van der Waals surface area contributed by atoms with E-state index in [4.69, 9.17) is 16.3 Å². The van der Waals surface area contributed by atoms with Gasteiger partial charge in [-0.05, 0) is 40.6 Å². The number of rotatable bonds is 3. The molecule has 1 heterocycles. The zero-order chi connectivity index (χ0) is 16.2. The van der Waals surface area contributed by atoms with Gasteiger partial charge >= 0.3 is 5.97 Å². The van der Waals surface area contributed by atoms with Crippen molar-refractivity contribution in [1.82, 2.24) is 4.98 Å². The van der Waals surface area contributed by atoms with Gasteiger partial charge in [-0.2, -0.15) is 0 Å². The Labute approximate surface area is 139 Å². The maximum atomic E-state index is 11.8. The van der Waals surface area contributed by atoms with Crippen molar-refractivity contribution in [3.05, 3.63) is 76.6 Å². The molecule has 0 radical (unpaired) electrons. The summed E-state index contributed by atoms with van der Waals surface area (Å²) in [7, 11) is 1.37. The molecule has 114 valence electrons. The number of methoxy groups -OCH3 is 1. The number of esters is 1. The molecule has 0 amide bonds. The maximum absolute atomic E-state index is 11.8. The zero-order valence-electron chi connectivity index (χ0n) is 12.5. The van der Waals surface area contributed by atoms with Gasteiger partial charge in [0.2, 0.25) is 0 Å². The first-order valence-corrected chi connectivity index (χ1v) is 7.45. The molecule has 2 aromatic carbocycles. The van der Waals surface area contributed by atoms with Crippen molar-refractivity contribution in [3.8, 4) is 0 Å². The second kappa shape index (κ2) is 6.63. The van der Waals surface area contributed by atoms with Crippen molar-refractivity contribution in [1.29, 1.82) is 0 Å². The van der Waals surface area contributed by atoms with Gasteiger partial charge < -0.3 is 4.74 Å². The molecule has 23 heavy (non-hydrogen) atoms. The molecule has 0 aliphatic heterocycles. The Morgan fingerprint density at radius 1 is 1.09 bits per heavy atom. The molecule has 0 aliphatic carbocycles. The number of halogens is 1. The molecule has 1 aromatic heterocycles. The van der Waals surface area contributed by atoms with Crippen LogP contribution in [0.2, 0.25) is 5.02 Å². The van der Waals surface area contributed by atoms with Crippen LogP contribution >= 0.6 is 11.6 Å². The second-order valence-electron chi connectivity index (χ2n) is 5.04. The Bertz CT molecular complexity index is 903. The van der Waals surface area contributed by atoms with Crippen LogP contribution in [0.3, 0.4) is 0 Å². The van der Waals surface area contributed by atoms with E-state index in [0.717, 1.165) is 26.9 Å². The van der Waals surface area contributed by atoms with Gasteiger partial charge in [-0.15, -0.1) is 0 Å². The molecular formula is C19H14ClNO2. The quantitative estimate of drug-likeness (QED) is 0.647. The summed E-state index contributed by atoms with van der Waals surface area (Å²) in [4.78, 5) is 15.8. The van der Waals surface area contributed by atoms with Crippen LogP contribution in [0.1, 0.15) is 21.5 Å². The second-order valence-corrected chi connectivity index (χ2v) is 5.48. The van der Waals surface area contributed by atoms with E-state index < -0.39 is 0 Å². The minimum atomic E-state index is -0.375. The van der Waals surface area contributed by atoms with Crippen LogP contribution in [0.15, 0.2) is 54.9 Å². The number of aromatic nitrogens is 1. The maximum Gasteiger partial charge on any atom is 0.338 e. The number of hydrogen-bond acceptors (Lipinski definition) is 3. The minimum Gasteiger partial charge on any atom is -0.465 e. The van der Waals surface area contributed by atoms with Crippen LogP contribution in [-0.4, -0.2) is 18.1 Å². The molecule has 3 rings (SSSR count). The number of benzene rings is 2. The molecule has 0 unspecified atom stereocenters. The first kappa shape index (κ1) is 15.3. The summed E-state index contributed by atoms with van der Waals surface area (Å²) in [5, 5.41) is 2.92. The number of ether oxygens (including phenoxy) is 1.